The van der Waals surface area contributed by atoms with E-state index in [1.165, 1.54) is 12.1 Å². The molecular weight excluding hydrogens is 203 g/mol. The SMILES string of the molecule is Fc1cc(Cl)cc(-c2cccnn2)c1. The lowest BCUT2D eigenvalue weighted by atomic mass is 10.1. The van der Waals surface area contributed by atoms with Crippen molar-refractivity contribution in [3.63, 3.8) is 0 Å². The standard InChI is InChI=1S/C10H6ClFN2/c11-8-4-7(5-9(12)6-8)10-2-1-3-13-14-10/h1-6H. The van der Waals surface area contributed by atoms with E-state index in [4.69, 9.17) is 11.6 Å². The minimum Gasteiger partial charge on any atom is -0.207 e. The van der Waals surface area contributed by atoms with Crippen LogP contribution in [0.1, 0.15) is 0 Å². The van der Waals surface area contributed by atoms with Crippen molar-refractivity contribution in [2.45, 2.75) is 0 Å². The summed E-state index contributed by atoms with van der Waals surface area (Å²) in [4.78, 5) is 0. The van der Waals surface area contributed by atoms with E-state index in [-0.39, 0.29) is 5.82 Å². The van der Waals surface area contributed by atoms with Gasteiger partial charge in [-0.1, -0.05) is 11.6 Å². The third kappa shape index (κ3) is 1.88. The van der Waals surface area contributed by atoms with Gasteiger partial charge in [-0.3, -0.25) is 0 Å². The highest BCUT2D eigenvalue weighted by atomic mass is 35.5. The van der Waals surface area contributed by atoms with E-state index in [9.17, 15) is 4.39 Å². The lowest BCUT2D eigenvalue weighted by Gasteiger charge is -2.00. The zero-order valence-corrected chi connectivity index (χ0v) is 7.87. The van der Waals surface area contributed by atoms with Crippen LogP contribution in [-0.4, -0.2) is 10.2 Å². The van der Waals surface area contributed by atoms with Crippen LogP contribution >= 0.6 is 11.6 Å². The second-order valence-corrected chi connectivity index (χ2v) is 3.20. The number of hydrogen-bond donors (Lipinski definition) is 0. The van der Waals surface area contributed by atoms with E-state index in [0.717, 1.165) is 0 Å². The average Bonchev–Trinajstić information content (AvgIpc) is 2.18. The number of hydrogen-bond acceptors (Lipinski definition) is 2. The van der Waals surface area contributed by atoms with Crippen LogP contribution in [0.2, 0.25) is 5.02 Å². The molecule has 4 heteroatoms. The van der Waals surface area contributed by atoms with Gasteiger partial charge < -0.3 is 0 Å². The highest BCUT2D eigenvalue weighted by Crippen LogP contribution is 2.21. The molecule has 0 saturated carbocycles. The average molecular weight is 209 g/mol. The molecule has 0 aliphatic rings. The zero-order valence-electron chi connectivity index (χ0n) is 7.11. The van der Waals surface area contributed by atoms with Gasteiger partial charge in [0.2, 0.25) is 0 Å². The van der Waals surface area contributed by atoms with Gasteiger partial charge in [-0.2, -0.15) is 10.2 Å². The maximum atomic E-state index is 13.0. The number of benzene rings is 1. The third-order valence-electron chi connectivity index (χ3n) is 1.73. The van der Waals surface area contributed by atoms with Crippen LogP contribution in [0.3, 0.4) is 0 Å². The van der Waals surface area contributed by atoms with Crippen molar-refractivity contribution in [1.82, 2.24) is 10.2 Å². The van der Waals surface area contributed by atoms with Crippen molar-refractivity contribution in [1.29, 1.82) is 0 Å². The van der Waals surface area contributed by atoms with Crippen molar-refractivity contribution >= 4 is 11.6 Å². The first-order chi connectivity index (χ1) is 6.75. The molecule has 0 unspecified atom stereocenters. The van der Waals surface area contributed by atoms with Gasteiger partial charge in [-0.25, -0.2) is 4.39 Å². The molecule has 2 rings (SSSR count). The van der Waals surface area contributed by atoms with E-state index in [1.54, 1.807) is 24.4 Å². The van der Waals surface area contributed by atoms with Gasteiger partial charge in [0.15, 0.2) is 0 Å². The molecule has 0 radical (unpaired) electrons. The van der Waals surface area contributed by atoms with Gasteiger partial charge >= 0.3 is 0 Å². The Morgan fingerprint density at radius 1 is 1.21 bits per heavy atom. The van der Waals surface area contributed by atoms with E-state index >= 15 is 0 Å². The first-order valence-corrected chi connectivity index (χ1v) is 4.38. The Morgan fingerprint density at radius 2 is 2.07 bits per heavy atom. The van der Waals surface area contributed by atoms with Crippen molar-refractivity contribution in [2.75, 3.05) is 0 Å². The van der Waals surface area contributed by atoms with Gasteiger partial charge in [0, 0.05) is 16.8 Å². The number of nitrogens with zero attached hydrogens (tertiary/aromatic N) is 2. The summed E-state index contributed by atoms with van der Waals surface area (Å²) in [6, 6.07) is 7.76. The van der Waals surface area contributed by atoms with Gasteiger partial charge in [0.25, 0.3) is 0 Å². The topological polar surface area (TPSA) is 25.8 Å². The van der Waals surface area contributed by atoms with Gasteiger partial charge in [-0.05, 0) is 30.3 Å². The quantitative estimate of drug-likeness (QED) is 0.720. The van der Waals surface area contributed by atoms with Crippen molar-refractivity contribution in [3.8, 4) is 11.3 Å². The first-order valence-electron chi connectivity index (χ1n) is 4.00. The Hall–Kier alpha value is -1.48. The fourth-order valence-corrected chi connectivity index (χ4v) is 1.38. The molecule has 0 fully saturated rings. The van der Waals surface area contributed by atoms with Crippen molar-refractivity contribution in [2.24, 2.45) is 0 Å². The summed E-state index contributed by atoms with van der Waals surface area (Å²) in [6.07, 6.45) is 1.56. The summed E-state index contributed by atoms with van der Waals surface area (Å²) in [5.41, 5.74) is 1.23. The van der Waals surface area contributed by atoms with Gasteiger partial charge in [-0.15, -0.1) is 0 Å². The van der Waals surface area contributed by atoms with Gasteiger partial charge in [0.05, 0.1) is 5.69 Å². The molecular formula is C10H6ClFN2. The Labute approximate surface area is 85.4 Å². The zero-order chi connectivity index (χ0) is 9.97. The summed E-state index contributed by atoms with van der Waals surface area (Å²) in [5.74, 6) is -0.377. The molecule has 70 valence electrons. The number of rotatable bonds is 1. The largest absolute Gasteiger partial charge is 0.207 e. The van der Waals surface area contributed by atoms with E-state index in [0.29, 0.717) is 16.3 Å². The minimum atomic E-state index is -0.377. The summed E-state index contributed by atoms with van der Waals surface area (Å²) in [6.45, 7) is 0. The highest BCUT2D eigenvalue weighted by Gasteiger charge is 2.02. The van der Waals surface area contributed by atoms with Crippen LogP contribution in [0, 0.1) is 5.82 Å². The molecule has 0 amide bonds. The fraction of sp³-hybridized carbons (Fsp3) is 0. The molecule has 0 aliphatic heterocycles. The van der Waals surface area contributed by atoms with Crippen LogP contribution in [0.25, 0.3) is 11.3 Å². The number of aromatic nitrogens is 2. The second kappa shape index (κ2) is 3.72. The summed E-state index contributed by atoms with van der Waals surface area (Å²) < 4.78 is 13.0. The fourth-order valence-electron chi connectivity index (χ4n) is 1.16. The van der Waals surface area contributed by atoms with Gasteiger partial charge in [0.1, 0.15) is 5.82 Å². The Bertz CT molecular complexity index is 425. The molecule has 1 aromatic carbocycles. The predicted molar refractivity (Wildman–Crippen MR) is 52.4 cm³/mol. The molecule has 0 saturated heterocycles. The lowest BCUT2D eigenvalue weighted by molar-refractivity contribution is 0.628. The summed E-state index contributed by atoms with van der Waals surface area (Å²) >= 11 is 5.71. The Kier molecular flexibility index (Phi) is 2.41. The van der Waals surface area contributed by atoms with E-state index in [2.05, 4.69) is 10.2 Å². The molecule has 2 nitrogen and oxygen atoms in total. The first kappa shape index (κ1) is 9.09. The van der Waals surface area contributed by atoms with Crippen LogP contribution in [0.15, 0.2) is 36.5 Å². The molecule has 1 heterocycles. The van der Waals surface area contributed by atoms with Crippen molar-refractivity contribution in [3.05, 3.63) is 47.4 Å². The van der Waals surface area contributed by atoms with Crippen LogP contribution in [-0.2, 0) is 0 Å². The molecule has 0 aliphatic carbocycles. The summed E-state index contributed by atoms with van der Waals surface area (Å²) in [5, 5.41) is 7.91. The second-order valence-electron chi connectivity index (χ2n) is 2.77. The number of halogens is 2. The monoisotopic (exact) mass is 208 g/mol. The van der Waals surface area contributed by atoms with Crippen molar-refractivity contribution < 1.29 is 4.39 Å². The predicted octanol–water partition coefficient (Wildman–Crippen LogP) is 2.94. The lowest BCUT2D eigenvalue weighted by Crippen LogP contribution is -1.86. The molecule has 1 aromatic heterocycles. The van der Waals surface area contributed by atoms with E-state index in [1.807, 2.05) is 0 Å². The molecule has 0 N–H and O–H groups in total. The maximum absolute atomic E-state index is 13.0. The smallest absolute Gasteiger partial charge is 0.125 e. The third-order valence-corrected chi connectivity index (χ3v) is 1.95. The molecule has 2 aromatic rings. The maximum Gasteiger partial charge on any atom is 0.125 e. The molecule has 0 bridgehead atoms. The molecule has 14 heavy (non-hydrogen) atoms. The Balaban J connectivity index is 2.52. The highest BCUT2D eigenvalue weighted by molar-refractivity contribution is 6.30. The van der Waals surface area contributed by atoms with Crippen LogP contribution < -0.4 is 0 Å². The molecule has 0 spiro atoms. The van der Waals surface area contributed by atoms with Crippen LogP contribution in [0.5, 0.6) is 0 Å². The van der Waals surface area contributed by atoms with E-state index < -0.39 is 0 Å². The summed E-state index contributed by atoms with van der Waals surface area (Å²) in [7, 11) is 0. The Morgan fingerprint density at radius 3 is 2.71 bits per heavy atom. The van der Waals surface area contributed by atoms with Crippen LogP contribution in [0.4, 0.5) is 4.39 Å². The minimum absolute atomic E-state index is 0.352. The molecule has 0 atom stereocenters. The normalized spacial score (nSPS) is 10.1.